The molecular weight excluding hydrogens is 214 g/mol. The number of anilines is 1. The van der Waals surface area contributed by atoms with Crippen LogP contribution in [0.3, 0.4) is 0 Å². The van der Waals surface area contributed by atoms with E-state index < -0.39 is 6.09 Å². The topological polar surface area (TPSA) is 29.5 Å². The van der Waals surface area contributed by atoms with Crippen molar-refractivity contribution >= 4 is 17.9 Å². The number of hydrogen-bond donors (Lipinski definition) is 0. The predicted molar refractivity (Wildman–Crippen MR) is 70.8 cm³/mol. The standard InChI is InChI=1S/C14H15NO2/c1-4-6-11-15(14(16)17-3)13-10-8-7-9-12(13)5-2/h4-11H,1-2H2,3H3/b11-6+. The van der Waals surface area contributed by atoms with Crippen LogP contribution in [0.1, 0.15) is 5.56 Å². The van der Waals surface area contributed by atoms with Gasteiger partial charge in [0.15, 0.2) is 0 Å². The molecule has 0 aliphatic heterocycles. The van der Waals surface area contributed by atoms with Crippen LogP contribution in [0.5, 0.6) is 0 Å². The number of hydrogen-bond acceptors (Lipinski definition) is 2. The summed E-state index contributed by atoms with van der Waals surface area (Å²) < 4.78 is 4.73. The third kappa shape index (κ3) is 3.08. The summed E-state index contributed by atoms with van der Waals surface area (Å²) in [4.78, 5) is 13.1. The van der Waals surface area contributed by atoms with E-state index in [1.54, 1.807) is 24.4 Å². The molecule has 0 aromatic heterocycles. The van der Waals surface area contributed by atoms with Crippen molar-refractivity contribution in [1.82, 2.24) is 0 Å². The van der Waals surface area contributed by atoms with Crippen molar-refractivity contribution in [3.8, 4) is 0 Å². The van der Waals surface area contributed by atoms with E-state index in [1.807, 2.05) is 24.3 Å². The van der Waals surface area contributed by atoms with Crippen LogP contribution in [0, 0.1) is 0 Å². The second-order valence-electron chi connectivity index (χ2n) is 3.18. The summed E-state index contributed by atoms with van der Waals surface area (Å²) in [5.74, 6) is 0. The second-order valence-corrected chi connectivity index (χ2v) is 3.18. The van der Waals surface area contributed by atoms with E-state index in [0.29, 0.717) is 5.69 Å². The lowest BCUT2D eigenvalue weighted by atomic mass is 10.1. The minimum Gasteiger partial charge on any atom is -0.452 e. The van der Waals surface area contributed by atoms with E-state index >= 15 is 0 Å². The number of benzene rings is 1. The summed E-state index contributed by atoms with van der Waals surface area (Å²) in [6.07, 6.45) is 6.08. The molecule has 0 heterocycles. The molecule has 3 heteroatoms. The largest absolute Gasteiger partial charge is 0.452 e. The molecule has 1 aromatic carbocycles. The van der Waals surface area contributed by atoms with Crippen molar-refractivity contribution in [1.29, 1.82) is 0 Å². The first kappa shape index (κ1) is 12.8. The molecule has 0 fully saturated rings. The van der Waals surface area contributed by atoms with E-state index in [4.69, 9.17) is 4.74 Å². The van der Waals surface area contributed by atoms with E-state index in [2.05, 4.69) is 13.2 Å². The maximum atomic E-state index is 11.7. The minimum absolute atomic E-state index is 0.461. The quantitative estimate of drug-likeness (QED) is 0.738. The van der Waals surface area contributed by atoms with Crippen molar-refractivity contribution in [2.24, 2.45) is 0 Å². The average molecular weight is 229 g/mol. The number of methoxy groups -OCH3 is 1. The lowest BCUT2D eigenvalue weighted by molar-refractivity contribution is 0.181. The molecular formula is C14H15NO2. The van der Waals surface area contributed by atoms with Crippen molar-refractivity contribution in [3.63, 3.8) is 0 Å². The van der Waals surface area contributed by atoms with Crippen molar-refractivity contribution in [2.75, 3.05) is 12.0 Å². The number of ether oxygens (including phenoxy) is 1. The molecule has 0 bridgehead atoms. The highest BCUT2D eigenvalue weighted by Crippen LogP contribution is 2.22. The monoisotopic (exact) mass is 229 g/mol. The fourth-order valence-electron chi connectivity index (χ4n) is 1.36. The molecule has 0 radical (unpaired) electrons. The Bertz CT molecular complexity index is 449. The molecule has 0 spiro atoms. The van der Waals surface area contributed by atoms with Crippen LogP contribution in [-0.4, -0.2) is 13.2 Å². The number of para-hydroxylation sites is 1. The molecule has 1 rings (SSSR count). The number of rotatable bonds is 4. The first-order valence-corrected chi connectivity index (χ1v) is 5.12. The summed E-state index contributed by atoms with van der Waals surface area (Å²) in [6, 6.07) is 7.43. The van der Waals surface area contributed by atoms with Crippen LogP contribution < -0.4 is 4.90 Å². The molecule has 1 amide bonds. The number of amides is 1. The van der Waals surface area contributed by atoms with Gasteiger partial charge in [-0.05, 0) is 17.7 Å². The van der Waals surface area contributed by atoms with Crippen LogP contribution in [0.15, 0.2) is 55.8 Å². The Balaban J connectivity index is 3.20. The molecule has 0 saturated heterocycles. The molecule has 0 N–H and O–H groups in total. The van der Waals surface area contributed by atoms with E-state index in [-0.39, 0.29) is 0 Å². The van der Waals surface area contributed by atoms with Gasteiger partial charge in [0.2, 0.25) is 0 Å². The Morgan fingerprint density at radius 2 is 2.06 bits per heavy atom. The molecule has 3 nitrogen and oxygen atoms in total. The molecule has 0 saturated carbocycles. The Kier molecular flexibility index (Phi) is 4.76. The Labute approximate surface area is 101 Å². The lowest BCUT2D eigenvalue weighted by Gasteiger charge is -2.18. The summed E-state index contributed by atoms with van der Waals surface area (Å²) in [5.41, 5.74) is 1.57. The van der Waals surface area contributed by atoms with Gasteiger partial charge in [-0.15, -0.1) is 0 Å². The first-order chi connectivity index (χ1) is 8.24. The molecule has 17 heavy (non-hydrogen) atoms. The van der Waals surface area contributed by atoms with Crippen LogP contribution in [0.25, 0.3) is 6.08 Å². The molecule has 0 atom stereocenters. The van der Waals surface area contributed by atoms with Crippen LogP contribution in [-0.2, 0) is 4.74 Å². The Morgan fingerprint density at radius 1 is 1.35 bits per heavy atom. The van der Waals surface area contributed by atoms with Gasteiger partial charge in [0.25, 0.3) is 0 Å². The normalized spacial score (nSPS) is 9.94. The van der Waals surface area contributed by atoms with Gasteiger partial charge >= 0.3 is 6.09 Å². The first-order valence-electron chi connectivity index (χ1n) is 5.12. The summed E-state index contributed by atoms with van der Waals surface area (Å²) >= 11 is 0. The maximum absolute atomic E-state index is 11.7. The van der Waals surface area contributed by atoms with Gasteiger partial charge in [-0.25, -0.2) is 4.79 Å². The number of allylic oxidation sites excluding steroid dienone is 2. The molecule has 0 unspecified atom stereocenters. The van der Waals surface area contributed by atoms with Gasteiger partial charge in [-0.2, -0.15) is 0 Å². The van der Waals surface area contributed by atoms with Crippen molar-refractivity contribution < 1.29 is 9.53 Å². The van der Waals surface area contributed by atoms with Crippen molar-refractivity contribution in [3.05, 3.63) is 61.3 Å². The van der Waals surface area contributed by atoms with E-state index in [9.17, 15) is 4.79 Å². The number of nitrogens with zero attached hydrogens (tertiary/aromatic N) is 1. The summed E-state index contributed by atoms with van der Waals surface area (Å²) in [5, 5.41) is 0. The van der Waals surface area contributed by atoms with Gasteiger partial charge in [0.1, 0.15) is 0 Å². The number of carbonyl (C=O) groups is 1. The average Bonchev–Trinajstić information content (AvgIpc) is 2.39. The fraction of sp³-hybridized carbons (Fsp3) is 0.0714. The smallest absolute Gasteiger partial charge is 0.418 e. The van der Waals surface area contributed by atoms with Crippen molar-refractivity contribution in [2.45, 2.75) is 0 Å². The molecule has 0 aliphatic rings. The van der Waals surface area contributed by atoms with Gasteiger partial charge in [-0.3, -0.25) is 4.90 Å². The highest BCUT2D eigenvalue weighted by Gasteiger charge is 2.14. The lowest BCUT2D eigenvalue weighted by Crippen LogP contribution is -2.25. The summed E-state index contributed by atoms with van der Waals surface area (Å²) in [7, 11) is 1.34. The Hall–Kier alpha value is -2.29. The zero-order valence-electron chi connectivity index (χ0n) is 9.80. The third-order valence-corrected chi connectivity index (χ3v) is 2.16. The van der Waals surface area contributed by atoms with Crippen LogP contribution in [0.4, 0.5) is 10.5 Å². The fourth-order valence-corrected chi connectivity index (χ4v) is 1.36. The highest BCUT2D eigenvalue weighted by molar-refractivity contribution is 5.92. The number of carbonyl (C=O) groups excluding carboxylic acids is 1. The second kappa shape index (κ2) is 6.33. The highest BCUT2D eigenvalue weighted by atomic mass is 16.5. The SMILES string of the molecule is C=C/C=C/N(C(=O)OC)c1ccccc1C=C. The van der Waals surface area contributed by atoms with Gasteiger partial charge in [0.05, 0.1) is 12.8 Å². The minimum atomic E-state index is -0.461. The Morgan fingerprint density at radius 3 is 2.65 bits per heavy atom. The van der Waals surface area contributed by atoms with Gasteiger partial charge < -0.3 is 4.74 Å². The van der Waals surface area contributed by atoms with Crippen LogP contribution in [0.2, 0.25) is 0 Å². The van der Waals surface area contributed by atoms with E-state index in [0.717, 1.165) is 5.56 Å². The zero-order valence-corrected chi connectivity index (χ0v) is 9.80. The zero-order chi connectivity index (χ0) is 12.7. The van der Waals surface area contributed by atoms with Gasteiger partial charge in [-0.1, -0.05) is 43.5 Å². The van der Waals surface area contributed by atoms with Crippen LogP contribution >= 0.6 is 0 Å². The molecule has 88 valence electrons. The maximum Gasteiger partial charge on any atom is 0.418 e. The van der Waals surface area contributed by atoms with Gasteiger partial charge in [0, 0.05) is 6.20 Å². The van der Waals surface area contributed by atoms with E-state index in [1.165, 1.54) is 12.0 Å². The molecule has 0 aliphatic carbocycles. The predicted octanol–water partition coefficient (Wildman–Crippen LogP) is 3.60. The summed E-state index contributed by atoms with van der Waals surface area (Å²) in [6.45, 7) is 7.28. The third-order valence-electron chi connectivity index (χ3n) is 2.16. The molecule has 1 aromatic rings.